The van der Waals surface area contributed by atoms with E-state index >= 15 is 0 Å². The Morgan fingerprint density at radius 1 is 0.800 bits per heavy atom. The van der Waals surface area contributed by atoms with E-state index < -0.39 is 0 Å². The number of carbonyl (C=O) groups excluding carboxylic acids is 1. The molecule has 136 valence electrons. The van der Waals surface area contributed by atoms with Crippen molar-refractivity contribution < 1.29 is 4.79 Å². The van der Waals surface area contributed by atoms with Crippen LogP contribution >= 0.6 is 12.4 Å². The molecule has 0 radical (unpaired) electrons. The number of halogens is 1. The number of nitrogens with two attached hydrogens (primary N) is 4. The van der Waals surface area contributed by atoms with E-state index in [-0.39, 0.29) is 30.2 Å². The Bertz CT molecular complexity index is 692. The smallest absolute Gasteiger partial charge is 0.221 e. The third-order valence-electron chi connectivity index (χ3n) is 2.72. The Hall–Kier alpha value is -3.14. The first-order valence-corrected chi connectivity index (χ1v) is 6.89. The Kier molecular flexibility index (Phi) is 8.64. The molecule has 0 aliphatic rings. The summed E-state index contributed by atoms with van der Waals surface area (Å²) in [5, 5.41) is 17.8. The first kappa shape index (κ1) is 21.9. The summed E-state index contributed by atoms with van der Waals surface area (Å²) in [6.07, 6.45) is 0. The van der Waals surface area contributed by atoms with Crippen LogP contribution in [0, 0.1) is 0 Å². The van der Waals surface area contributed by atoms with Gasteiger partial charge in [-0.1, -0.05) is 0 Å². The molecule has 1 aromatic rings. The van der Waals surface area contributed by atoms with Crippen LogP contribution in [0.5, 0.6) is 0 Å². The Morgan fingerprint density at radius 3 is 1.52 bits per heavy atom. The monoisotopic (exact) mass is 367 g/mol. The lowest BCUT2D eigenvalue weighted by Crippen LogP contribution is -2.22. The third-order valence-corrected chi connectivity index (χ3v) is 2.72. The van der Waals surface area contributed by atoms with Crippen molar-refractivity contribution in [3.63, 3.8) is 0 Å². The molecule has 0 fully saturated rings. The molecule has 25 heavy (non-hydrogen) atoms. The molecule has 0 spiro atoms. The summed E-state index contributed by atoms with van der Waals surface area (Å²) in [6, 6.07) is 5.27. The fraction of sp³-hybridized carbons (Fsp3) is 0.214. The predicted molar refractivity (Wildman–Crippen MR) is 104 cm³/mol. The molecule has 0 unspecified atom stereocenters. The zero-order valence-electron chi connectivity index (χ0n) is 14.1. The van der Waals surface area contributed by atoms with Gasteiger partial charge in [0.1, 0.15) is 0 Å². The fourth-order valence-corrected chi connectivity index (χ4v) is 1.70. The maximum absolute atomic E-state index is 11.3. The van der Waals surface area contributed by atoms with E-state index in [2.05, 4.69) is 25.7 Å². The molecule has 1 amide bonds. The van der Waals surface area contributed by atoms with Gasteiger partial charge in [-0.3, -0.25) is 4.79 Å². The van der Waals surface area contributed by atoms with Crippen LogP contribution in [0.1, 0.15) is 31.9 Å². The molecule has 10 nitrogen and oxygen atoms in total. The molecule has 9 N–H and O–H groups in total. The summed E-state index contributed by atoms with van der Waals surface area (Å²) < 4.78 is 0. The van der Waals surface area contributed by atoms with E-state index in [1.165, 1.54) is 6.92 Å². The quantitative estimate of drug-likeness (QED) is 0.279. The van der Waals surface area contributed by atoms with Crippen molar-refractivity contribution in [2.24, 2.45) is 43.3 Å². The van der Waals surface area contributed by atoms with Gasteiger partial charge in [0.15, 0.2) is 0 Å². The van der Waals surface area contributed by atoms with Gasteiger partial charge in [-0.25, -0.2) is 0 Å². The van der Waals surface area contributed by atoms with Gasteiger partial charge in [0, 0.05) is 23.7 Å². The minimum absolute atomic E-state index is 0. The summed E-state index contributed by atoms with van der Waals surface area (Å²) in [5.41, 5.74) is 24.1. The van der Waals surface area contributed by atoms with Crippen molar-refractivity contribution in [3.05, 3.63) is 29.3 Å². The number of hydrogen-bond acceptors (Lipinski definition) is 5. The van der Waals surface area contributed by atoms with Crippen molar-refractivity contribution >= 4 is 47.3 Å². The van der Waals surface area contributed by atoms with Crippen LogP contribution in [0.4, 0.5) is 5.69 Å². The van der Waals surface area contributed by atoms with Gasteiger partial charge >= 0.3 is 0 Å². The van der Waals surface area contributed by atoms with E-state index in [1.807, 2.05) is 0 Å². The van der Waals surface area contributed by atoms with Crippen molar-refractivity contribution in [3.8, 4) is 0 Å². The number of guanidine groups is 2. The number of anilines is 1. The van der Waals surface area contributed by atoms with Gasteiger partial charge < -0.3 is 28.3 Å². The average molecular weight is 368 g/mol. The van der Waals surface area contributed by atoms with Crippen LogP contribution in [-0.2, 0) is 4.79 Å². The Morgan fingerprint density at radius 2 is 1.20 bits per heavy atom. The lowest BCUT2D eigenvalue weighted by molar-refractivity contribution is -0.114. The number of nitrogens with one attached hydrogen (secondary N) is 1. The summed E-state index contributed by atoms with van der Waals surface area (Å²) in [6.45, 7) is 4.87. The topological polar surface area (TPSA) is 183 Å². The van der Waals surface area contributed by atoms with Crippen molar-refractivity contribution in [1.29, 1.82) is 0 Å². The summed E-state index contributed by atoms with van der Waals surface area (Å²) in [7, 11) is 0. The highest BCUT2D eigenvalue weighted by atomic mass is 35.5. The van der Waals surface area contributed by atoms with Crippen LogP contribution < -0.4 is 28.3 Å². The zero-order chi connectivity index (χ0) is 18.3. The standard InChI is InChI=1S/C14H21N9O.ClH/c1-7(20-22-13(15)16)10-4-11(8(2)21-23-14(17)18)6-12(5-10)19-9(3)24;/h4-6H,1-3H3,(H,19,24)(H4,15,16,22)(H4,17,18,23);1H/b20-7+,21-8+;. The minimum atomic E-state index is -0.212. The van der Waals surface area contributed by atoms with Crippen LogP contribution in [0.25, 0.3) is 0 Å². The van der Waals surface area contributed by atoms with E-state index in [0.29, 0.717) is 28.2 Å². The molecule has 0 aliphatic carbocycles. The van der Waals surface area contributed by atoms with E-state index in [4.69, 9.17) is 22.9 Å². The zero-order valence-corrected chi connectivity index (χ0v) is 15.0. The molecule has 1 rings (SSSR count). The highest BCUT2D eigenvalue weighted by Crippen LogP contribution is 2.17. The lowest BCUT2D eigenvalue weighted by Gasteiger charge is -2.09. The molecule has 0 saturated heterocycles. The van der Waals surface area contributed by atoms with Crippen LogP contribution in [0.15, 0.2) is 38.6 Å². The average Bonchev–Trinajstić information content (AvgIpc) is 2.49. The molecular weight excluding hydrogens is 346 g/mol. The van der Waals surface area contributed by atoms with Gasteiger partial charge in [0.2, 0.25) is 17.8 Å². The molecule has 0 saturated carbocycles. The maximum Gasteiger partial charge on any atom is 0.221 e. The normalized spacial score (nSPS) is 11.2. The van der Waals surface area contributed by atoms with E-state index in [0.717, 1.165) is 0 Å². The van der Waals surface area contributed by atoms with Gasteiger partial charge in [0.05, 0.1) is 11.4 Å². The SMILES string of the molecule is CC(=O)Nc1cc(/C(C)=N/N=C(N)N)cc(/C(C)=N/N=C(N)N)c1.Cl. The molecule has 11 heteroatoms. The second kappa shape index (κ2) is 9.88. The second-order valence-corrected chi connectivity index (χ2v) is 4.90. The van der Waals surface area contributed by atoms with Gasteiger partial charge in [-0.15, -0.1) is 22.6 Å². The highest BCUT2D eigenvalue weighted by Gasteiger charge is 2.08. The lowest BCUT2D eigenvalue weighted by atomic mass is 10.0. The Labute approximate surface area is 151 Å². The van der Waals surface area contributed by atoms with Gasteiger partial charge in [-0.2, -0.15) is 10.2 Å². The number of amides is 1. The molecule has 0 atom stereocenters. The molecule has 0 bridgehead atoms. The van der Waals surface area contributed by atoms with Crippen molar-refractivity contribution in [2.75, 3.05) is 5.32 Å². The predicted octanol–water partition coefficient (Wildman–Crippen LogP) is 0.0616. The fourth-order valence-electron chi connectivity index (χ4n) is 1.70. The van der Waals surface area contributed by atoms with Crippen LogP contribution in [0.3, 0.4) is 0 Å². The molecule has 0 aromatic heterocycles. The summed E-state index contributed by atoms with van der Waals surface area (Å²) in [5.74, 6) is -0.521. The highest BCUT2D eigenvalue weighted by molar-refractivity contribution is 6.06. The third kappa shape index (κ3) is 7.79. The molecular formula is C14H22ClN9O. The van der Waals surface area contributed by atoms with E-state index in [1.54, 1.807) is 32.0 Å². The number of rotatable bonds is 5. The Balaban J connectivity index is 0.00000576. The summed E-state index contributed by atoms with van der Waals surface area (Å²) in [4.78, 5) is 11.3. The summed E-state index contributed by atoms with van der Waals surface area (Å²) >= 11 is 0. The number of hydrogen-bond donors (Lipinski definition) is 5. The van der Waals surface area contributed by atoms with E-state index in [9.17, 15) is 4.79 Å². The first-order valence-electron chi connectivity index (χ1n) is 6.89. The number of carbonyl (C=O) groups is 1. The first-order chi connectivity index (χ1) is 11.2. The number of benzene rings is 1. The van der Waals surface area contributed by atoms with Crippen molar-refractivity contribution in [2.45, 2.75) is 20.8 Å². The maximum atomic E-state index is 11.3. The second-order valence-electron chi connectivity index (χ2n) is 4.90. The van der Waals surface area contributed by atoms with Crippen LogP contribution in [-0.4, -0.2) is 29.2 Å². The van der Waals surface area contributed by atoms with Crippen LogP contribution in [0.2, 0.25) is 0 Å². The molecule has 1 aromatic carbocycles. The minimum Gasteiger partial charge on any atom is -0.369 e. The number of nitrogens with zero attached hydrogens (tertiary/aromatic N) is 4. The largest absolute Gasteiger partial charge is 0.369 e. The molecule has 0 aliphatic heterocycles. The van der Waals surface area contributed by atoms with Gasteiger partial charge in [-0.05, 0) is 32.0 Å². The van der Waals surface area contributed by atoms with Crippen molar-refractivity contribution in [1.82, 2.24) is 0 Å². The van der Waals surface area contributed by atoms with Gasteiger partial charge in [0.25, 0.3) is 0 Å². The molecule has 0 heterocycles.